The molecule has 35 heavy (non-hydrogen) atoms. The highest BCUT2D eigenvalue weighted by molar-refractivity contribution is 9.10. The zero-order chi connectivity index (χ0) is 26.0. The van der Waals surface area contributed by atoms with E-state index in [1.165, 1.54) is 22.3 Å². The second kappa shape index (κ2) is 8.26. The Bertz CT molecular complexity index is 1180. The molecule has 2 aromatic carbocycles. The summed E-state index contributed by atoms with van der Waals surface area (Å²) in [5.74, 6) is 0. The van der Waals surface area contributed by atoms with E-state index in [4.69, 9.17) is 9.47 Å². The van der Waals surface area contributed by atoms with E-state index in [9.17, 15) is 9.59 Å². The first kappa shape index (κ1) is 25.5. The molecule has 1 saturated heterocycles. The standard InChI is InChI=1S/C28H35BrN2O4/c1-25(2,3)34-23(32)30-28(15-31(16-28)24(33)35-26(4,5)6)17-9-11-19-20-12-10-18(29)14-22(20)27(7,8)21(19)13-17/h9-14H,15-16H2,1-8H3,(H,30,32). The number of ether oxygens (including phenoxy) is 2. The summed E-state index contributed by atoms with van der Waals surface area (Å²) in [6, 6.07) is 12.7. The molecule has 1 aliphatic carbocycles. The number of nitrogens with one attached hydrogen (secondary N) is 1. The number of carbonyl (C=O) groups excluding carboxylic acids is 2. The lowest BCUT2D eigenvalue weighted by Gasteiger charge is -2.50. The van der Waals surface area contributed by atoms with Crippen LogP contribution in [0.25, 0.3) is 11.1 Å². The minimum absolute atomic E-state index is 0.202. The predicted molar refractivity (Wildman–Crippen MR) is 141 cm³/mol. The van der Waals surface area contributed by atoms with Crippen molar-refractivity contribution >= 4 is 28.1 Å². The summed E-state index contributed by atoms with van der Waals surface area (Å²) in [7, 11) is 0. The molecule has 4 rings (SSSR count). The molecule has 0 atom stereocenters. The predicted octanol–water partition coefficient (Wildman–Crippen LogP) is 6.73. The van der Waals surface area contributed by atoms with Crippen molar-refractivity contribution in [3.8, 4) is 11.1 Å². The third-order valence-electron chi connectivity index (χ3n) is 6.50. The minimum atomic E-state index is -0.764. The molecule has 2 amide bonds. The van der Waals surface area contributed by atoms with Crippen LogP contribution < -0.4 is 5.32 Å². The van der Waals surface area contributed by atoms with Gasteiger partial charge in [-0.3, -0.25) is 0 Å². The van der Waals surface area contributed by atoms with E-state index in [2.05, 4.69) is 71.5 Å². The number of nitrogens with zero attached hydrogens (tertiary/aromatic N) is 1. The molecule has 1 heterocycles. The van der Waals surface area contributed by atoms with Gasteiger partial charge >= 0.3 is 12.2 Å². The van der Waals surface area contributed by atoms with Crippen molar-refractivity contribution in [3.63, 3.8) is 0 Å². The molecule has 0 spiro atoms. The van der Waals surface area contributed by atoms with Crippen LogP contribution in [0, 0.1) is 0 Å². The number of halogens is 1. The average molecular weight is 544 g/mol. The summed E-state index contributed by atoms with van der Waals surface area (Å²) < 4.78 is 12.2. The van der Waals surface area contributed by atoms with Crippen LogP contribution in [-0.2, 0) is 20.4 Å². The highest BCUT2D eigenvalue weighted by atomic mass is 79.9. The molecule has 1 fully saturated rings. The van der Waals surface area contributed by atoms with Gasteiger partial charge in [-0.15, -0.1) is 0 Å². The molecular formula is C28H35BrN2O4. The molecule has 0 unspecified atom stereocenters. The van der Waals surface area contributed by atoms with E-state index in [1.54, 1.807) is 4.90 Å². The Morgan fingerprint density at radius 3 is 2.00 bits per heavy atom. The molecule has 6 nitrogen and oxygen atoms in total. The quantitative estimate of drug-likeness (QED) is 0.456. The topological polar surface area (TPSA) is 67.9 Å². The molecule has 1 N–H and O–H groups in total. The largest absolute Gasteiger partial charge is 0.444 e. The maximum Gasteiger partial charge on any atom is 0.410 e. The first-order valence-electron chi connectivity index (χ1n) is 12.0. The summed E-state index contributed by atoms with van der Waals surface area (Å²) in [6.07, 6.45) is -0.897. The van der Waals surface area contributed by atoms with Gasteiger partial charge in [0.1, 0.15) is 16.7 Å². The van der Waals surface area contributed by atoms with Gasteiger partial charge in [-0.1, -0.05) is 54.0 Å². The second-order valence-electron chi connectivity index (χ2n) is 12.1. The Hall–Kier alpha value is -2.54. The summed E-state index contributed by atoms with van der Waals surface area (Å²) in [4.78, 5) is 27.2. The fourth-order valence-corrected chi connectivity index (χ4v) is 5.26. The zero-order valence-corrected chi connectivity index (χ0v) is 23.4. The summed E-state index contributed by atoms with van der Waals surface area (Å²) in [6.45, 7) is 16.1. The molecule has 2 aliphatic rings. The number of hydrogen-bond acceptors (Lipinski definition) is 4. The molecule has 1 aliphatic heterocycles. The fourth-order valence-electron chi connectivity index (χ4n) is 4.90. The Morgan fingerprint density at radius 2 is 1.43 bits per heavy atom. The van der Waals surface area contributed by atoms with Crippen LogP contribution in [0.5, 0.6) is 0 Å². The Kier molecular flexibility index (Phi) is 6.03. The van der Waals surface area contributed by atoms with Gasteiger partial charge < -0.3 is 19.7 Å². The van der Waals surface area contributed by atoms with Gasteiger partial charge in [-0.25, -0.2) is 9.59 Å². The van der Waals surface area contributed by atoms with Crippen molar-refractivity contribution in [3.05, 3.63) is 57.6 Å². The maximum atomic E-state index is 12.8. The third kappa shape index (κ3) is 4.92. The number of hydrogen-bond donors (Lipinski definition) is 1. The molecule has 0 bridgehead atoms. The van der Waals surface area contributed by atoms with Gasteiger partial charge in [-0.2, -0.15) is 0 Å². The highest BCUT2D eigenvalue weighted by Crippen LogP contribution is 2.50. The van der Waals surface area contributed by atoms with Crippen molar-refractivity contribution in [2.45, 2.75) is 77.5 Å². The summed E-state index contributed by atoms with van der Waals surface area (Å²) in [5.41, 5.74) is 3.63. The molecular weight excluding hydrogens is 508 g/mol. The van der Waals surface area contributed by atoms with Crippen LogP contribution in [-0.4, -0.2) is 41.4 Å². The summed E-state index contributed by atoms with van der Waals surface area (Å²) >= 11 is 3.61. The number of fused-ring (bicyclic) bond motifs is 3. The van der Waals surface area contributed by atoms with E-state index in [0.717, 1.165) is 10.0 Å². The van der Waals surface area contributed by atoms with Crippen molar-refractivity contribution in [1.29, 1.82) is 0 Å². The molecule has 0 aromatic heterocycles. The lowest BCUT2D eigenvalue weighted by molar-refractivity contribution is -0.0230. The Morgan fingerprint density at radius 1 is 0.886 bits per heavy atom. The molecule has 0 saturated carbocycles. The van der Waals surface area contributed by atoms with Crippen molar-refractivity contribution in [2.24, 2.45) is 0 Å². The van der Waals surface area contributed by atoms with Gasteiger partial charge in [0.15, 0.2) is 0 Å². The number of rotatable bonds is 2. The maximum absolute atomic E-state index is 12.8. The number of benzene rings is 2. The monoisotopic (exact) mass is 542 g/mol. The SMILES string of the molecule is CC(C)(C)OC(=O)NC1(c2ccc3c(c2)C(C)(C)c2cc(Br)ccc2-3)CN(C(=O)OC(C)(C)C)C1. The first-order valence-corrected chi connectivity index (χ1v) is 12.7. The lowest BCUT2D eigenvalue weighted by atomic mass is 9.77. The van der Waals surface area contributed by atoms with E-state index < -0.39 is 28.9 Å². The number of amides is 2. The smallest absolute Gasteiger partial charge is 0.410 e. The van der Waals surface area contributed by atoms with Crippen LogP contribution in [0.3, 0.4) is 0 Å². The van der Waals surface area contributed by atoms with E-state index in [0.29, 0.717) is 13.1 Å². The van der Waals surface area contributed by atoms with Crippen LogP contribution in [0.1, 0.15) is 72.1 Å². The number of alkyl carbamates (subject to hydrolysis) is 1. The number of carbonyl (C=O) groups is 2. The van der Waals surface area contributed by atoms with Crippen molar-refractivity contribution in [1.82, 2.24) is 10.2 Å². The van der Waals surface area contributed by atoms with Gasteiger partial charge in [0.25, 0.3) is 0 Å². The molecule has 188 valence electrons. The first-order chi connectivity index (χ1) is 16.0. The van der Waals surface area contributed by atoms with Crippen molar-refractivity contribution in [2.75, 3.05) is 13.1 Å². The van der Waals surface area contributed by atoms with Crippen LogP contribution in [0.2, 0.25) is 0 Å². The Balaban J connectivity index is 1.69. The Labute approximate surface area is 216 Å². The van der Waals surface area contributed by atoms with Gasteiger partial charge in [-0.05, 0) is 81.5 Å². The minimum Gasteiger partial charge on any atom is -0.444 e. The van der Waals surface area contributed by atoms with Crippen LogP contribution in [0.15, 0.2) is 40.9 Å². The lowest BCUT2D eigenvalue weighted by Crippen LogP contribution is -2.69. The van der Waals surface area contributed by atoms with E-state index >= 15 is 0 Å². The molecule has 7 heteroatoms. The zero-order valence-electron chi connectivity index (χ0n) is 21.8. The summed E-state index contributed by atoms with van der Waals surface area (Å²) in [5, 5.41) is 3.08. The third-order valence-corrected chi connectivity index (χ3v) is 7.00. The van der Waals surface area contributed by atoms with E-state index in [1.807, 2.05) is 41.5 Å². The molecule has 0 radical (unpaired) electrons. The van der Waals surface area contributed by atoms with Gasteiger partial charge in [0, 0.05) is 9.89 Å². The second-order valence-corrected chi connectivity index (χ2v) is 13.0. The van der Waals surface area contributed by atoms with Gasteiger partial charge in [0.2, 0.25) is 0 Å². The van der Waals surface area contributed by atoms with Crippen molar-refractivity contribution < 1.29 is 19.1 Å². The fraction of sp³-hybridized carbons (Fsp3) is 0.500. The van der Waals surface area contributed by atoms with E-state index in [-0.39, 0.29) is 5.41 Å². The normalized spacial score (nSPS) is 17.7. The number of likely N-dealkylation sites (tertiary alicyclic amines) is 1. The average Bonchev–Trinajstić information content (AvgIpc) is 2.88. The van der Waals surface area contributed by atoms with Gasteiger partial charge in [0.05, 0.1) is 13.1 Å². The van der Waals surface area contributed by atoms with Crippen LogP contribution in [0.4, 0.5) is 9.59 Å². The van der Waals surface area contributed by atoms with Crippen LogP contribution >= 0.6 is 15.9 Å². The highest BCUT2D eigenvalue weighted by Gasteiger charge is 2.50. The molecule has 2 aromatic rings.